The Balaban J connectivity index is 2.04. The summed E-state index contributed by atoms with van der Waals surface area (Å²) >= 11 is 0. The number of carbonyl (C=O) groups is 2. The number of methoxy groups -OCH3 is 1. The van der Waals surface area contributed by atoms with Crippen molar-refractivity contribution in [3.05, 3.63) is 59.2 Å². The Labute approximate surface area is 166 Å². The van der Waals surface area contributed by atoms with E-state index >= 15 is 0 Å². The molecule has 162 valence electrons. The highest BCUT2D eigenvalue weighted by atomic mass is 19.4. The van der Waals surface area contributed by atoms with Gasteiger partial charge in [-0.15, -0.1) is 0 Å². The van der Waals surface area contributed by atoms with Crippen LogP contribution in [-0.2, 0) is 33.1 Å². The lowest BCUT2D eigenvalue weighted by Gasteiger charge is -2.15. The molecular weight excluding hydrogens is 420 g/mol. The van der Waals surface area contributed by atoms with Gasteiger partial charge in [-0.25, -0.2) is 0 Å². The quantitative estimate of drug-likeness (QED) is 0.538. The molecule has 0 heterocycles. The Kier molecular flexibility index (Phi) is 6.96. The molecule has 0 radical (unpaired) electrons. The Bertz CT molecular complexity index is 874. The fraction of sp³-hybridized carbons (Fsp3) is 0.263. The van der Waals surface area contributed by atoms with Gasteiger partial charge in [-0.2, -0.15) is 26.3 Å². The molecule has 2 rings (SSSR count). The minimum Gasteiger partial charge on any atom is -0.484 e. The van der Waals surface area contributed by atoms with Gasteiger partial charge in [0.05, 0.1) is 24.7 Å². The summed E-state index contributed by atoms with van der Waals surface area (Å²) in [6.07, 6.45) is -10.0. The third kappa shape index (κ3) is 6.68. The van der Waals surface area contributed by atoms with E-state index in [2.05, 4.69) is 4.74 Å². The van der Waals surface area contributed by atoms with Gasteiger partial charge in [-0.1, -0.05) is 12.1 Å². The van der Waals surface area contributed by atoms with E-state index in [0.717, 1.165) is 0 Å². The van der Waals surface area contributed by atoms with E-state index < -0.39 is 47.7 Å². The number of halogens is 6. The molecule has 0 aromatic heterocycles. The average molecular weight is 435 g/mol. The Morgan fingerprint density at radius 1 is 0.900 bits per heavy atom. The zero-order chi connectivity index (χ0) is 22.5. The molecular formula is C19H15F6NO4. The number of ether oxygens (including phenoxy) is 2. The predicted octanol–water partition coefficient (Wildman–Crippen LogP) is 4.46. The van der Waals surface area contributed by atoms with Crippen molar-refractivity contribution in [3.8, 4) is 5.75 Å². The van der Waals surface area contributed by atoms with Crippen molar-refractivity contribution in [2.24, 2.45) is 0 Å². The zero-order valence-corrected chi connectivity index (χ0v) is 15.4. The maximum absolute atomic E-state index is 12.8. The van der Waals surface area contributed by atoms with Gasteiger partial charge >= 0.3 is 18.3 Å². The predicted molar refractivity (Wildman–Crippen MR) is 92.7 cm³/mol. The summed E-state index contributed by atoms with van der Waals surface area (Å²) < 4.78 is 86.7. The highest BCUT2D eigenvalue weighted by Gasteiger charge is 2.37. The Hall–Kier alpha value is -3.24. The number of alkyl halides is 6. The molecule has 1 N–H and O–H groups in total. The molecule has 5 nitrogen and oxygen atoms in total. The van der Waals surface area contributed by atoms with Gasteiger partial charge < -0.3 is 14.8 Å². The molecule has 1 amide bonds. The maximum Gasteiger partial charge on any atom is 0.416 e. The zero-order valence-electron chi connectivity index (χ0n) is 15.4. The van der Waals surface area contributed by atoms with Crippen LogP contribution in [0, 0.1) is 0 Å². The van der Waals surface area contributed by atoms with Crippen LogP contribution in [0.2, 0.25) is 0 Å². The van der Waals surface area contributed by atoms with Crippen LogP contribution in [0.1, 0.15) is 16.7 Å². The molecule has 0 aliphatic carbocycles. The van der Waals surface area contributed by atoms with Gasteiger partial charge in [0, 0.05) is 5.69 Å². The average Bonchev–Trinajstić information content (AvgIpc) is 2.65. The van der Waals surface area contributed by atoms with Crippen molar-refractivity contribution in [2.75, 3.05) is 19.0 Å². The standard InChI is InChI=1S/C19H15F6NO4/c1-29-17(28)6-11-2-4-15(5-3-11)30-10-16(27)26-14-8-12(18(20,21)22)7-13(9-14)19(23,24)25/h2-5,7-9H,6,10H2,1H3,(H,26,27). The van der Waals surface area contributed by atoms with Gasteiger partial charge in [0.2, 0.25) is 0 Å². The number of carbonyl (C=O) groups excluding carboxylic acids is 2. The number of anilines is 1. The van der Waals surface area contributed by atoms with Gasteiger partial charge in [0.1, 0.15) is 5.75 Å². The van der Waals surface area contributed by atoms with Gasteiger partial charge in [-0.3, -0.25) is 9.59 Å². The van der Waals surface area contributed by atoms with Crippen LogP contribution < -0.4 is 10.1 Å². The highest BCUT2D eigenvalue weighted by Crippen LogP contribution is 2.37. The lowest BCUT2D eigenvalue weighted by molar-refractivity contribution is -0.143. The molecule has 2 aromatic carbocycles. The minimum atomic E-state index is -5.02. The van der Waals surface area contributed by atoms with Gasteiger partial charge in [-0.05, 0) is 35.9 Å². The van der Waals surface area contributed by atoms with E-state index in [9.17, 15) is 35.9 Å². The van der Waals surface area contributed by atoms with Crippen molar-refractivity contribution in [2.45, 2.75) is 18.8 Å². The number of nitrogens with one attached hydrogen (secondary N) is 1. The number of hydrogen-bond acceptors (Lipinski definition) is 4. The molecule has 0 aliphatic heterocycles. The van der Waals surface area contributed by atoms with Crippen LogP contribution in [-0.4, -0.2) is 25.6 Å². The number of rotatable bonds is 6. The Morgan fingerprint density at radius 2 is 1.43 bits per heavy atom. The summed E-state index contributed by atoms with van der Waals surface area (Å²) in [6, 6.07) is 6.71. The summed E-state index contributed by atoms with van der Waals surface area (Å²) in [5.74, 6) is -1.21. The largest absolute Gasteiger partial charge is 0.484 e. The van der Waals surface area contributed by atoms with E-state index in [1.165, 1.54) is 31.4 Å². The van der Waals surface area contributed by atoms with E-state index in [4.69, 9.17) is 4.74 Å². The van der Waals surface area contributed by atoms with Crippen LogP contribution in [0.25, 0.3) is 0 Å². The lowest BCUT2D eigenvalue weighted by Crippen LogP contribution is -2.21. The molecule has 0 saturated carbocycles. The van der Waals surface area contributed by atoms with Crippen LogP contribution in [0.4, 0.5) is 32.0 Å². The van der Waals surface area contributed by atoms with Crippen molar-refractivity contribution in [1.82, 2.24) is 0 Å². The van der Waals surface area contributed by atoms with E-state index in [-0.39, 0.29) is 18.2 Å². The van der Waals surface area contributed by atoms with Crippen LogP contribution >= 0.6 is 0 Å². The minimum absolute atomic E-state index is 0.0222. The van der Waals surface area contributed by atoms with Crippen molar-refractivity contribution in [1.29, 1.82) is 0 Å². The second kappa shape index (κ2) is 9.06. The third-order valence-electron chi connectivity index (χ3n) is 3.74. The fourth-order valence-electron chi connectivity index (χ4n) is 2.32. The van der Waals surface area contributed by atoms with Gasteiger partial charge in [0.25, 0.3) is 5.91 Å². The van der Waals surface area contributed by atoms with Crippen LogP contribution in [0.15, 0.2) is 42.5 Å². The maximum atomic E-state index is 12.8. The van der Waals surface area contributed by atoms with E-state index in [1.807, 2.05) is 5.32 Å². The third-order valence-corrected chi connectivity index (χ3v) is 3.74. The van der Waals surface area contributed by atoms with E-state index in [0.29, 0.717) is 17.7 Å². The monoisotopic (exact) mass is 435 g/mol. The number of hydrogen-bond donors (Lipinski definition) is 1. The first-order chi connectivity index (χ1) is 13.9. The first kappa shape index (κ1) is 23.0. The molecule has 11 heteroatoms. The van der Waals surface area contributed by atoms with Crippen molar-refractivity contribution >= 4 is 17.6 Å². The number of benzene rings is 2. The smallest absolute Gasteiger partial charge is 0.416 e. The topological polar surface area (TPSA) is 64.6 Å². The molecule has 0 fully saturated rings. The van der Waals surface area contributed by atoms with Gasteiger partial charge in [0.15, 0.2) is 6.61 Å². The molecule has 0 aliphatic rings. The van der Waals surface area contributed by atoms with Crippen LogP contribution in [0.5, 0.6) is 5.75 Å². The summed E-state index contributed by atoms with van der Waals surface area (Å²) in [4.78, 5) is 23.1. The van der Waals surface area contributed by atoms with Crippen molar-refractivity contribution < 1.29 is 45.4 Å². The molecule has 0 unspecified atom stereocenters. The SMILES string of the molecule is COC(=O)Cc1ccc(OCC(=O)Nc2cc(C(F)(F)F)cc(C(F)(F)F)c2)cc1. The molecule has 0 atom stereocenters. The lowest BCUT2D eigenvalue weighted by atomic mass is 10.1. The first-order valence-electron chi connectivity index (χ1n) is 8.26. The summed E-state index contributed by atoms with van der Waals surface area (Å²) in [5.41, 5.74) is -3.15. The Morgan fingerprint density at radius 3 is 1.90 bits per heavy atom. The normalized spacial score (nSPS) is 11.7. The summed E-state index contributed by atoms with van der Waals surface area (Å²) in [5, 5.41) is 1.96. The van der Waals surface area contributed by atoms with E-state index in [1.54, 1.807) is 0 Å². The first-order valence-corrected chi connectivity index (χ1v) is 8.26. The summed E-state index contributed by atoms with van der Waals surface area (Å²) in [7, 11) is 1.24. The molecule has 30 heavy (non-hydrogen) atoms. The summed E-state index contributed by atoms with van der Waals surface area (Å²) in [6.45, 7) is -0.659. The highest BCUT2D eigenvalue weighted by molar-refractivity contribution is 5.92. The molecule has 0 saturated heterocycles. The number of esters is 1. The molecule has 0 spiro atoms. The second-order valence-corrected chi connectivity index (χ2v) is 6.03. The van der Waals surface area contributed by atoms with Crippen molar-refractivity contribution in [3.63, 3.8) is 0 Å². The second-order valence-electron chi connectivity index (χ2n) is 6.03. The van der Waals surface area contributed by atoms with Crippen LogP contribution in [0.3, 0.4) is 0 Å². The molecule has 2 aromatic rings. The number of amides is 1. The fourth-order valence-corrected chi connectivity index (χ4v) is 2.32. The molecule has 0 bridgehead atoms.